The molecule has 0 fully saturated rings. The number of hydrogen-bond acceptors (Lipinski definition) is 1. The summed E-state index contributed by atoms with van der Waals surface area (Å²) in [6.45, 7) is 1.72. The topological polar surface area (TPSA) is 22.8 Å². The predicted octanol–water partition coefficient (Wildman–Crippen LogP) is 16.9. The fourth-order valence-corrected chi connectivity index (χ4v) is 9.86. The minimum Gasteiger partial charge on any atom is -0.307 e. The van der Waals surface area contributed by atoms with Crippen molar-refractivity contribution in [2.45, 2.75) is 13.1 Å². The van der Waals surface area contributed by atoms with Crippen LogP contribution in [-0.4, -0.2) is 14.1 Å². The second-order valence-electron chi connectivity index (χ2n) is 17.2. The summed E-state index contributed by atoms with van der Waals surface area (Å²) in [5.41, 5.74) is 13.9. The minimum absolute atomic E-state index is 0.446. The number of hydrogen-bond donors (Lipinski definition) is 0. The highest BCUT2D eigenvalue weighted by atomic mass is 19.4. The van der Waals surface area contributed by atoms with Crippen LogP contribution in [-0.2, 0) is 6.18 Å². The molecule has 0 amide bonds. The van der Waals surface area contributed by atoms with Gasteiger partial charge in [0.05, 0.1) is 39.5 Å². The molecule has 9 aromatic carbocycles. The van der Waals surface area contributed by atoms with Gasteiger partial charge in [0.2, 0.25) is 0 Å². The van der Waals surface area contributed by atoms with E-state index in [4.69, 9.17) is 4.98 Å². The van der Waals surface area contributed by atoms with Gasteiger partial charge in [-0.2, -0.15) is 13.2 Å². The Morgan fingerprint density at radius 2 is 0.731 bits per heavy atom. The number of nitrogens with zero attached hydrogens (tertiary/aromatic N) is 3. The maximum absolute atomic E-state index is 14.8. The number of pyridine rings is 1. The van der Waals surface area contributed by atoms with E-state index in [0.717, 1.165) is 88.1 Å². The summed E-state index contributed by atoms with van der Waals surface area (Å²) in [7, 11) is 0. The molecule has 0 radical (unpaired) electrons. The van der Waals surface area contributed by atoms with Gasteiger partial charge in [0.15, 0.2) is 0 Å². The third-order valence-electron chi connectivity index (χ3n) is 13.0. The summed E-state index contributed by atoms with van der Waals surface area (Å²) in [4.78, 5) is 5.28. The molecule has 3 aromatic heterocycles. The molecular formula is C61H40F3N3. The molecule has 0 atom stereocenters. The molecule has 3 heterocycles. The second kappa shape index (κ2) is 15.9. The van der Waals surface area contributed by atoms with Crippen LogP contribution in [0, 0.1) is 6.92 Å². The standard InChI is InChI=1S/C61H40F3N3/c1-39-30-48(32-49(31-39)61(62,63)64)50-37-60(67-57-28-24-46(42-18-10-4-11-19-42)35-53(57)54-36-47(25-29-58(54)67)43-20-12-5-13-21-43)65-38-59(50)66-55-26-22-44(40-14-6-2-7-15-40)33-51(55)52-34-45(23-27-56(52)66)41-16-8-3-9-17-41/h2-38H,1H3. The van der Waals surface area contributed by atoms with Crippen molar-refractivity contribution in [3.63, 3.8) is 0 Å². The van der Waals surface area contributed by atoms with Gasteiger partial charge in [-0.1, -0.05) is 152 Å². The van der Waals surface area contributed by atoms with Crippen molar-refractivity contribution in [2.75, 3.05) is 0 Å². The summed E-state index contributed by atoms with van der Waals surface area (Å²) in [5, 5.41) is 4.13. The third kappa shape index (κ3) is 7.06. The van der Waals surface area contributed by atoms with Crippen molar-refractivity contribution in [1.82, 2.24) is 14.1 Å². The zero-order chi connectivity index (χ0) is 45.2. The molecule has 67 heavy (non-hydrogen) atoms. The lowest BCUT2D eigenvalue weighted by Crippen LogP contribution is -2.07. The van der Waals surface area contributed by atoms with Crippen LogP contribution < -0.4 is 0 Å². The van der Waals surface area contributed by atoms with Gasteiger partial charge in [-0.15, -0.1) is 0 Å². The predicted molar refractivity (Wildman–Crippen MR) is 270 cm³/mol. The molecule has 0 saturated heterocycles. The Balaban J connectivity index is 1.14. The van der Waals surface area contributed by atoms with E-state index < -0.39 is 11.7 Å². The van der Waals surface area contributed by atoms with Crippen molar-refractivity contribution in [1.29, 1.82) is 0 Å². The van der Waals surface area contributed by atoms with Gasteiger partial charge in [-0.25, -0.2) is 4.98 Å². The van der Waals surface area contributed by atoms with Crippen molar-refractivity contribution in [3.8, 4) is 67.1 Å². The van der Waals surface area contributed by atoms with Crippen LogP contribution in [0.4, 0.5) is 13.2 Å². The van der Waals surface area contributed by atoms with Gasteiger partial charge in [-0.3, -0.25) is 4.57 Å². The molecule has 12 rings (SSSR count). The van der Waals surface area contributed by atoms with E-state index in [2.05, 4.69) is 130 Å². The number of aromatic nitrogens is 3. The Hall–Kier alpha value is -8.48. The first-order chi connectivity index (χ1) is 32.7. The summed E-state index contributed by atoms with van der Waals surface area (Å²) >= 11 is 0. The number of aryl methyl sites for hydroxylation is 1. The Kier molecular flexibility index (Phi) is 9.50. The quantitative estimate of drug-likeness (QED) is 0.156. The molecule has 3 nitrogen and oxygen atoms in total. The molecule has 0 aliphatic heterocycles. The van der Waals surface area contributed by atoms with Gasteiger partial charge in [0, 0.05) is 27.1 Å². The number of halogens is 3. The van der Waals surface area contributed by atoms with E-state index in [0.29, 0.717) is 28.2 Å². The lowest BCUT2D eigenvalue weighted by molar-refractivity contribution is -0.137. The van der Waals surface area contributed by atoms with Crippen LogP contribution >= 0.6 is 0 Å². The zero-order valence-electron chi connectivity index (χ0n) is 36.3. The fourth-order valence-electron chi connectivity index (χ4n) is 9.86. The normalized spacial score (nSPS) is 11.9. The first kappa shape index (κ1) is 40.1. The number of fused-ring (bicyclic) bond motifs is 6. The van der Waals surface area contributed by atoms with E-state index in [1.54, 1.807) is 6.92 Å². The van der Waals surface area contributed by atoms with E-state index in [9.17, 15) is 13.2 Å². The molecule has 0 aliphatic rings. The summed E-state index contributed by atoms with van der Waals surface area (Å²) < 4.78 is 48.6. The largest absolute Gasteiger partial charge is 0.416 e. The maximum Gasteiger partial charge on any atom is 0.416 e. The summed E-state index contributed by atoms with van der Waals surface area (Å²) in [6.07, 6.45) is -2.71. The molecule has 320 valence electrons. The number of rotatable bonds is 7. The van der Waals surface area contributed by atoms with Crippen LogP contribution in [0.3, 0.4) is 0 Å². The molecular weight excluding hydrogens is 832 g/mol. The Bertz CT molecular complexity index is 3640. The first-order valence-corrected chi connectivity index (χ1v) is 22.3. The highest BCUT2D eigenvalue weighted by Gasteiger charge is 2.32. The number of alkyl halides is 3. The molecule has 0 aliphatic carbocycles. The van der Waals surface area contributed by atoms with Crippen molar-refractivity contribution < 1.29 is 13.2 Å². The Morgan fingerprint density at radius 1 is 0.358 bits per heavy atom. The highest BCUT2D eigenvalue weighted by molar-refractivity contribution is 6.13. The summed E-state index contributed by atoms with van der Waals surface area (Å²) in [5.74, 6) is 0.590. The Labute approximate surface area is 385 Å². The van der Waals surface area contributed by atoms with Gasteiger partial charge < -0.3 is 4.57 Å². The smallest absolute Gasteiger partial charge is 0.307 e. The van der Waals surface area contributed by atoms with E-state index in [1.807, 2.05) is 91.1 Å². The van der Waals surface area contributed by atoms with Gasteiger partial charge in [-0.05, 0) is 129 Å². The van der Waals surface area contributed by atoms with E-state index in [1.165, 1.54) is 12.1 Å². The molecule has 0 unspecified atom stereocenters. The van der Waals surface area contributed by atoms with Crippen molar-refractivity contribution in [3.05, 3.63) is 236 Å². The maximum atomic E-state index is 14.8. The minimum atomic E-state index is -4.55. The van der Waals surface area contributed by atoms with Crippen molar-refractivity contribution >= 4 is 43.6 Å². The SMILES string of the molecule is Cc1cc(-c2cc(-n3c4ccc(-c5ccccc5)cc4c4cc(-c5ccccc5)ccc43)ncc2-n2c3ccc(-c4ccccc4)cc3c3cc(-c4ccccc4)ccc32)cc(C(F)(F)F)c1. The van der Waals surface area contributed by atoms with Crippen LogP contribution in [0.15, 0.2) is 225 Å². The second-order valence-corrected chi connectivity index (χ2v) is 17.2. The summed E-state index contributed by atoms with van der Waals surface area (Å²) in [6, 6.07) is 73.4. The average Bonchev–Trinajstić information content (AvgIpc) is 3.88. The third-order valence-corrected chi connectivity index (χ3v) is 13.0. The molecule has 12 aromatic rings. The molecule has 0 bridgehead atoms. The zero-order valence-corrected chi connectivity index (χ0v) is 36.3. The highest BCUT2D eigenvalue weighted by Crippen LogP contribution is 2.43. The number of benzene rings is 9. The van der Waals surface area contributed by atoms with Crippen molar-refractivity contribution in [2.24, 2.45) is 0 Å². The Morgan fingerprint density at radius 3 is 1.10 bits per heavy atom. The van der Waals surface area contributed by atoms with Crippen LogP contribution in [0.25, 0.3) is 111 Å². The van der Waals surface area contributed by atoms with Crippen LogP contribution in [0.2, 0.25) is 0 Å². The fraction of sp³-hybridized carbons (Fsp3) is 0.0328. The van der Waals surface area contributed by atoms with Crippen LogP contribution in [0.1, 0.15) is 11.1 Å². The van der Waals surface area contributed by atoms with Gasteiger partial charge in [0.25, 0.3) is 0 Å². The first-order valence-electron chi connectivity index (χ1n) is 22.3. The molecule has 6 heteroatoms. The lowest BCUT2D eigenvalue weighted by atomic mass is 9.99. The van der Waals surface area contributed by atoms with E-state index >= 15 is 0 Å². The molecule has 0 spiro atoms. The molecule has 0 N–H and O–H groups in total. The molecule has 0 saturated carbocycles. The van der Waals surface area contributed by atoms with Gasteiger partial charge in [0.1, 0.15) is 5.82 Å². The lowest BCUT2D eigenvalue weighted by Gasteiger charge is -2.18. The monoisotopic (exact) mass is 871 g/mol. The van der Waals surface area contributed by atoms with Crippen LogP contribution in [0.5, 0.6) is 0 Å². The van der Waals surface area contributed by atoms with Gasteiger partial charge >= 0.3 is 6.18 Å². The van der Waals surface area contributed by atoms with E-state index in [-0.39, 0.29) is 0 Å². The average molecular weight is 872 g/mol.